The topological polar surface area (TPSA) is 54.4 Å². The first-order valence-electron chi connectivity index (χ1n) is 2.04. The molecule has 0 aromatic rings. The molecule has 0 aliphatic carbocycles. The summed E-state index contributed by atoms with van der Waals surface area (Å²) in [5, 5.41) is 0. The van der Waals surface area contributed by atoms with Crippen molar-refractivity contribution in [3.05, 3.63) is 0 Å². The average Bonchev–Trinajstić information content (AvgIpc) is 1.25. The molecule has 0 unspecified atom stereocenters. The fraction of sp³-hybridized carbons (Fsp3) is 1.00. The van der Waals surface area contributed by atoms with E-state index < -0.39 is 16.2 Å². The van der Waals surface area contributed by atoms with Crippen molar-refractivity contribution >= 4 is 16.2 Å². The highest BCUT2D eigenvalue weighted by Gasteiger charge is 2.34. The van der Waals surface area contributed by atoms with Crippen molar-refractivity contribution in [2.45, 2.75) is 0 Å². The fourth-order valence-corrected chi connectivity index (χ4v) is 0. The smallest absolute Gasteiger partial charge is 0.257 e. The molecule has 3 nitrogen and oxygen atoms in total. The highest BCUT2D eigenvalue weighted by molar-refractivity contribution is 8.54. The van der Waals surface area contributed by atoms with Crippen LogP contribution in [0.5, 0.6) is 0 Å². The van der Waals surface area contributed by atoms with Crippen LogP contribution in [0.25, 0.3) is 0 Å². The standard InChI is InChI=1S/C3H9O3PS/c1-7(2,3)8(4,5)6/h1-3H3/p+1. The van der Waals surface area contributed by atoms with Gasteiger partial charge in [-0.15, -0.1) is 0 Å². The lowest BCUT2D eigenvalue weighted by Gasteiger charge is -2.03. The molecule has 1 N–H and O–H groups in total. The lowest BCUT2D eigenvalue weighted by Crippen LogP contribution is -2.01. The molecule has 0 aromatic carbocycles. The van der Waals surface area contributed by atoms with Crippen LogP contribution in [0.3, 0.4) is 0 Å². The Hall–Kier alpha value is 0.340. The second-order valence-corrected chi connectivity index (χ2v) is 11.7. The van der Waals surface area contributed by atoms with Crippen molar-refractivity contribution in [3.8, 4) is 0 Å². The molecular formula is C3H10O3PS+. The zero-order valence-electron chi connectivity index (χ0n) is 5.12. The first-order chi connectivity index (χ1) is 3.25. The molecule has 0 spiro atoms. The summed E-state index contributed by atoms with van der Waals surface area (Å²) in [6.07, 6.45) is 0. The van der Waals surface area contributed by atoms with Crippen LogP contribution in [0, 0.1) is 0 Å². The third kappa shape index (κ3) is 2.07. The normalized spacial score (nSPS) is 14.0. The largest absolute Gasteiger partial charge is 0.379 e. The van der Waals surface area contributed by atoms with E-state index in [0.29, 0.717) is 0 Å². The minimum absolute atomic E-state index is 1.54. The summed E-state index contributed by atoms with van der Waals surface area (Å²) in [4.78, 5) is 0. The van der Waals surface area contributed by atoms with E-state index >= 15 is 0 Å². The zero-order valence-corrected chi connectivity index (χ0v) is 6.83. The van der Waals surface area contributed by atoms with Crippen LogP contribution < -0.4 is 0 Å². The molecule has 0 amide bonds. The van der Waals surface area contributed by atoms with Crippen LogP contribution in [0.15, 0.2) is 0 Å². The van der Waals surface area contributed by atoms with Gasteiger partial charge in [0.2, 0.25) is 0 Å². The van der Waals surface area contributed by atoms with Crippen molar-refractivity contribution in [2.75, 3.05) is 20.0 Å². The van der Waals surface area contributed by atoms with E-state index in [1.807, 2.05) is 0 Å². The van der Waals surface area contributed by atoms with Crippen LogP contribution >= 0.6 is 6.46 Å². The summed E-state index contributed by atoms with van der Waals surface area (Å²) in [5.41, 5.74) is 0. The van der Waals surface area contributed by atoms with Crippen LogP contribution in [-0.2, 0) is 9.74 Å². The molecule has 0 rings (SSSR count). The van der Waals surface area contributed by atoms with Crippen molar-refractivity contribution in [1.82, 2.24) is 0 Å². The highest BCUT2D eigenvalue weighted by atomic mass is 32.8. The quantitative estimate of drug-likeness (QED) is 0.450. The van der Waals surface area contributed by atoms with Gasteiger partial charge in [0.05, 0.1) is 20.0 Å². The molecule has 0 bridgehead atoms. The first kappa shape index (κ1) is 8.34. The Labute approximate surface area is 49.9 Å². The Morgan fingerprint density at radius 1 is 1.25 bits per heavy atom. The predicted octanol–water partition coefficient (Wildman–Crippen LogP) is 0.696. The minimum Gasteiger partial charge on any atom is -0.257 e. The Bertz CT molecular complexity index is 163. The fourth-order valence-electron chi connectivity index (χ4n) is 0. The Morgan fingerprint density at radius 2 is 1.38 bits per heavy atom. The molecule has 0 saturated carbocycles. The molecular weight excluding hydrogens is 147 g/mol. The van der Waals surface area contributed by atoms with E-state index in [4.69, 9.17) is 4.55 Å². The van der Waals surface area contributed by atoms with Crippen LogP contribution in [0.2, 0.25) is 0 Å². The monoisotopic (exact) mass is 157 g/mol. The van der Waals surface area contributed by atoms with E-state index in [-0.39, 0.29) is 0 Å². The van der Waals surface area contributed by atoms with Gasteiger partial charge in [-0.05, 0) is 0 Å². The van der Waals surface area contributed by atoms with E-state index in [1.165, 1.54) is 0 Å². The Morgan fingerprint density at radius 3 is 1.38 bits per heavy atom. The number of hydrogen-bond acceptors (Lipinski definition) is 2. The van der Waals surface area contributed by atoms with Gasteiger partial charge in [-0.1, -0.05) is 0 Å². The second-order valence-electron chi connectivity index (χ2n) is 2.34. The Kier molecular flexibility index (Phi) is 2.02. The maximum absolute atomic E-state index is 10.3. The van der Waals surface area contributed by atoms with E-state index in [9.17, 15) is 8.42 Å². The molecule has 0 fully saturated rings. The van der Waals surface area contributed by atoms with Gasteiger partial charge in [-0.2, -0.15) is 8.42 Å². The van der Waals surface area contributed by atoms with Crippen LogP contribution in [0.1, 0.15) is 0 Å². The summed E-state index contributed by atoms with van der Waals surface area (Å²) in [5.74, 6) is 0. The summed E-state index contributed by atoms with van der Waals surface area (Å²) in [6, 6.07) is 0. The first-order valence-corrected chi connectivity index (χ1v) is 7.22. The molecule has 0 radical (unpaired) electrons. The second kappa shape index (κ2) is 1.94. The maximum Gasteiger partial charge on any atom is 0.379 e. The molecule has 5 heteroatoms. The lowest BCUT2D eigenvalue weighted by atomic mass is 11.9. The van der Waals surface area contributed by atoms with Gasteiger partial charge < -0.3 is 0 Å². The number of rotatable bonds is 1. The molecule has 0 heterocycles. The number of hydrogen-bond donors (Lipinski definition) is 1. The van der Waals surface area contributed by atoms with Gasteiger partial charge in [0.1, 0.15) is 0 Å². The highest BCUT2D eigenvalue weighted by Crippen LogP contribution is 2.52. The summed E-state index contributed by atoms with van der Waals surface area (Å²) >= 11 is 0. The molecule has 0 aliphatic rings. The van der Waals surface area contributed by atoms with Gasteiger partial charge in [-0.25, -0.2) is 0 Å². The summed E-state index contributed by atoms with van der Waals surface area (Å²) in [6.45, 7) is 2.56. The van der Waals surface area contributed by atoms with Crippen LogP contribution in [0.4, 0.5) is 0 Å². The minimum atomic E-state index is -3.73. The van der Waals surface area contributed by atoms with Gasteiger partial charge in [0.25, 0.3) is 0 Å². The van der Waals surface area contributed by atoms with Gasteiger partial charge >= 0.3 is 9.74 Å². The molecule has 8 heavy (non-hydrogen) atoms. The third-order valence-corrected chi connectivity index (χ3v) is 6.23. The summed E-state index contributed by atoms with van der Waals surface area (Å²) in [7, 11) is -3.73. The van der Waals surface area contributed by atoms with Crippen LogP contribution in [-0.4, -0.2) is 33.0 Å². The van der Waals surface area contributed by atoms with Crippen molar-refractivity contribution < 1.29 is 13.0 Å². The van der Waals surface area contributed by atoms with Crippen molar-refractivity contribution in [3.63, 3.8) is 0 Å². The average molecular weight is 157 g/mol. The molecule has 0 aliphatic heterocycles. The zero-order chi connectivity index (χ0) is 7.00. The van der Waals surface area contributed by atoms with E-state index in [0.717, 1.165) is 0 Å². The van der Waals surface area contributed by atoms with Crippen molar-refractivity contribution in [2.24, 2.45) is 0 Å². The predicted molar refractivity (Wildman–Crippen MR) is 36.2 cm³/mol. The third-order valence-electron chi connectivity index (χ3n) is 0.692. The maximum atomic E-state index is 10.3. The molecule has 0 aromatic heterocycles. The summed E-state index contributed by atoms with van der Waals surface area (Å²) < 4.78 is 28.9. The SMILES string of the molecule is C[P+](C)(C)S(=O)(=O)O. The van der Waals surface area contributed by atoms with E-state index in [1.54, 1.807) is 20.0 Å². The lowest BCUT2D eigenvalue weighted by molar-refractivity contribution is 0.501. The van der Waals surface area contributed by atoms with Gasteiger partial charge in [0, 0.05) is 0 Å². The van der Waals surface area contributed by atoms with Crippen molar-refractivity contribution in [1.29, 1.82) is 0 Å². The van der Waals surface area contributed by atoms with Gasteiger partial charge in [0.15, 0.2) is 6.46 Å². The Balaban J connectivity index is 4.53. The van der Waals surface area contributed by atoms with E-state index in [2.05, 4.69) is 0 Å². The molecule has 50 valence electrons. The molecule has 0 atom stereocenters. The molecule has 0 saturated heterocycles. The van der Waals surface area contributed by atoms with Gasteiger partial charge in [-0.3, -0.25) is 4.55 Å².